The number of anilines is 1. The third-order valence-electron chi connectivity index (χ3n) is 3.68. The zero-order valence-corrected chi connectivity index (χ0v) is 11.2. The summed E-state index contributed by atoms with van der Waals surface area (Å²) in [7, 11) is -0.460. The number of amides is 1. The first kappa shape index (κ1) is 13.1. The predicted molar refractivity (Wildman–Crippen MR) is 71.8 cm³/mol. The van der Waals surface area contributed by atoms with Crippen molar-refractivity contribution in [1.29, 1.82) is 0 Å². The maximum atomic E-state index is 10.6. The van der Waals surface area contributed by atoms with Crippen molar-refractivity contribution in [3.63, 3.8) is 0 Å². The molecule has 4 nitrogen and oxygen atoms in total. The lowest BCUT2D eigenvalue weighted by Crippen LogP contribution is -2.41. The van der Waals surface area contributed by atoms with Gasteiger partial charge in [0.25, 0.3) is 0 Å². The van der Waals surface area contributed by atoms with Gasteiger partial charge in [0.05, 0.1) is 11.2 Å². The predicted octanol–water partition coefficient (Wildman–Crippen LogP) is 1.55. The minimum absolute atomic E-state index is 0.383. The van der Waals surface area contributed by atoms with E-state index in [1.165, 1.54) is 0 Å². The van der Waals surface area contributed by atoms with Gasteiger partial charge < -0.3 is 14.6 Å². The lowest BCUT2D eigenvalue weighted by Gasteiger charge is -2.32. The van der Waals surface area contributed by atoms with Gasteiger partial charge in [-0.3, -0.25) is 4.79 Å². The van der Waals surface area contributed by atoms with Gasteiger partial charge in [-0.15, -0.1) is 0 Å². The van der Waals surface area contributed by atoms with Gasteiger partial charge in [-0.2, -0.15) is 0 Å². The zero-order chi connectivity index (χ0) is 13.4. The Morgan fingerprint density at radius 2 is 1.67 bits per heavy atom. The maximum absolute atomic E-state index is 10.6. The van der Waals surface area contributed by atoms with Crippen molar-refractivity contribution in [2.75, 3.05) is 5.32 Å². The highest BCUT2D eigenvalue weighted by Crippen LogP contribution is 2.36. The van der Waals surface area contributed by atoms with Gasteiger partial charge in [-0.1, -0.05) is 18.2 Å². The summed E-state index contributed by atoms with van der Waals surface area (Å²) in [5, 5.41) is 2.67. The summed E-state index contributed by atoms with van der Waals surface area (Å²) in [6.07, 6.45) is 0.657. The number of para-hydroxylation sites is 1. The van der Waals surface area contributed by atoms with Crippen LogP contribution in [0.15, 0.2) is 24.3 Å². The highest BCUT2D eigenvalue weighted by atomic mass is 16.7. The summed E-state index contributed by atoms with van der Waals surface area (Å²) in [5.41, 5.74) is 0.784. The molecule has 0 aromatic heterocycles. The van der Waals surface area contributed by atoms with E-state index in [0.29, 0.717) is 12.1 Å². The Morgan fingerprint density at radius 3 is 2.22 bits per heavy atom. The normalized spacial score (nSPS) is 20.8. The number of rotatable bonds is 3. The molecule has 0 radical (unpaired) electrons. The average Bonchev–Trinajstić information content (AvgIpc) is 2.49. The summed E-state index contributed by atoms with van der Waals surface area (Å²) in [6, 6.07) is 7.49. The summed E-state index contributed by atoms with van der Waals surface area (Å²) in [5.74, 6) is 0. The lowest BCUT2D eigenvalue weighted by atomic mass is 9.78. The molecule has 1 fully saturated rings. The van der Waals surface area contributed by atoms with Crippen LogP contribution < -0.4 is 10.8 Å². The molecule has 1 aromatic rings. The molecule has 0 saturated carbocycles. The van der Waals surface area contributed by atoms with E-state index in [1.807, 2.05) is 52.0 Å². The number of hydrogen-bond donors (Lipinski definition) is 1. The molecule has 1 aromatic carbocycles. The fourth-order valence-electron chi connectivity index (χ4n) is 1.87. The highest BCUT2D eigenvalue weighted by Gasteiger charge is 2.52. The molecular weight excluding hydrogens is 229 g/mol. The Balaban J connectivity index is 2.32. The first-order valence-electron chi connectivity index (χ1n) is 6.02. The molecular formula is C13H18BNO3. The smallest absolute Gasteiger partial charge is 0.399 e. The van der Waals surface area contributed by atoms with Crippen molar-refractivity contribution in [1.82, 2.24) is 0 Å². The standard InChI is InChI=1S/C13H18BNO3/c1-12(2)13(3,4)18-14(17-12)10-7-5-6-8-11(10)15-9-16/h5-9H,1-4H3,(H,15,16). The highest BCUT2D eigenvalue weighted by molar-refractivity contribution is 6.64. The van der Waals surface area contributed by atoms with Crippen LogP contribution in [0.2, 0.25) is 0 Å². The number of nitrogens with one attached hydrogen (secondary N) is 1. The molecule has 1 amide bonds. The molecule has 0 unspecified atom stereocenters. The van der Waals surface area contributed by atoms with Gasteiger partial charge in [0.2, 0.25) is 6.41 Å². The van der Waals surface area contributed by atoms with Crippen molar-refractivity contribution in [3.05, 3.63) is 24.3 Å². The summed E-state index contributed by atoms with van der Waals surface area (Å²) in [6.45, 7) is 8.01. The van der Waals surface area contributed by atoms with Crippen molar-refractivity contribution in [2.45, 2.75) is 38.9 Å². The van der Waals surface area contributed by atoms with E-state index in [9.17, 15) is 4.79 Å². The van der Waals surface area contributed by atoms with E-state index in [1.54, 1.807) is 0 Å². The summed E-state index contributed by atoms with van der Waals surface area (Å²) >= 11 is 0. The van der Waals surface area contributed by atoms with E-state index >= 15 is 0 Å². The van der Waals surface area contributed by atoms with Crippen LogP contribution in [0.5, 0.6) is 0 Å². The molecule has 1 heterocycles. The van der Waals surface area contributed by atoms with Crippen LogP contribution in [0.25, 0.3) is 0 Å². The molecule has 1 N–H and O–H groups in total. The largest absolute Gasteiger partial charge is 0.496 e. The Labute approximate surface area is 108 Å². The Kier molecular flexibility index (Phi) is 3.21. The second-order valence-corrected chi connectivity index (χ2v) is 5.44. The molecule has 1 aliphatic heterocycles. The first-order chi connectivity index (χ1) is 8.37. The van der Waals surface area contributed by atoms with Crippen LogP contribution in [0.3, 0.4) is 0 Å². The minimum Gasteiger partial charge on any atom is -0.399 e. The van der Waals surface area contributed by atoms with Gasteiger partial charge in [0.1, 0.15) is 0 Å². The van der Waals surface area contributed by atoms with E-state index in [4.69, 9.17) is 9.31 Å². The SMILES string of the molecule is CC1(C)OB(c2ccccc2NC=O)OC1(C)C. The molecule has 0 aliphatic carbocycles. The van der Waals surface area contributed by atoms with Crippen LogP contribution in [0.4, 0.5) is 5.69 Å². The third kappa shape index (κ3) is 2.16. The van der Waals surface area contributed by atoms with Gasteiger partial charge in [0.15, 0.2) is 0 Å². The Hall–Kier alpha value is -1.33. The van der Waals surface area contributed by atoms with E-state index in [2.05, 4.69) is 5.32 Å². The summed E-state index contributed by atoms with van der Waals surface area (Å²) < 4.78 is 11.9. The van der Waals surface area contributed by atoms with Crippen LogP contribution in [-0.2, 0) is 14.1 Å². The van der Waals surface area contributed by atoms with Gasteiger partial charge in [-0.25, -0.2) is 0 Å². The molecule has 5 heteroatoms. The zero-order valence-electron chi connectivity index (χ0n) is 11.2. The summed E-state index contributed by atoms with van der Waals surface area (Å²) in [4.78, 5) is 10.6. The van der Waals surface area contributed by atoms with Gasteiger partial charge in [0, 0.05) is 11.2 Å². The lowest BCUT2D eigenvalue weighted by molar-refractivity contribution is -0.105. The van der Waals surface area contributed by atoms with Crippen molar-refractivity contribution in [3.8, 4) is 0 Å². The first-order valence-corrected chi connectivity index (χ1v) is 6.02. The fourth-order valence-corrected chi connectivity index (χ4v) is 1.87. The molecule has 1 aliphatic rings. The fraction of sp³-hybridized carbons (Fsp3) is 0.462. The van der Waals surface area contributed by atoms with Crippen LogP contribution in [0, 0.1) is 0 Å². The van der Waals surface area contributed by atoms with E-state index in [0.717, 1.165) is 5.46 Å². The second-order valence-electron chi connectivity index (χ2n) is 5.44. The topological polar surface area (TPSA) is 47.6 Å². The molecule has 0 bridgehead atoms. The third-order valence-corrected chi connectivity index (χ3v) is 3.68. The van der Waals surface area contributed by atoms with Crippen LogP contribution in [-0.4, -0.2) is 24.7 Å². The van der Waals surface area contributed by atoms with E-state index in [-0.39, 0.29) is 11.2 Å². The minimum atomic E-state index is -0.460. The Morgan fingerprint density at radius 1 is 1.11 bits per heavy atom. The van der Waals surface area contributed by atoms with Crippen molar-refractivity contribution in [2.24, 2.45) is 0 Å². The number of benzene rings is 1. The number of hydrogen-bond acceptors (Lipinski definition) is 3. The molecule has 96 valence electrons. The van der Waals surface area contributed by atoms with Gasteiger partial charge >= 0.3 is 7.12 Å². The molecule has 18 heavy (non-hydrogen) atoms. The second kappa shape index (κ2) is 4.41. The Bertz CT molecular complexity index is 443. The average molecular weight is 247 g/mol. The molecule has 2 rings (SSSR count). The van der Waals surface area contributed by atoms with Crippen molar-refractivity contribution < 1.29 is 14.1 Å². The van der Waals surface area contributed by atoms with E-state index < -0.39 is 7.12 Å². The number of carbonyl (C=O) groups excluding carboxylic acids is 1. The molecule has 1 saturated heterocycles. The monoisotopic (exact) mass is 247 g/mol. The molecule has 0 atom stereocenters. The van der Waals surface area contributed by atoms with Crippen molar-refractivity contribution >= 4 is 24.7 Å². The molecule has 0 spiro atoms. The van der Waals surface area contributed by atoms with Crippen LogP contribution in [0.1, 0.15) is 27.7 Å². The number of carbonyl (C=O) groups is 1. The van der Waals surface area contributed by atoms with Crippen LogP contribution >= 0.6 is 0 Å². The van der Waals surface area contributed by atoms with Gasteiger partial charge in [-0.05, 0) is 33.8 Å². The maximum Gasteiger partial charge on any atom is 0.496 e. The quantitative estimate of drug-likeness (QED) is 0.651.